The minimum atomic E-state index is -4.26. The summed E-state index contributed by atoms with van der Waals surface area (Å²) in [4.78, 5) is 20.6. The number of alkyl halides is 3. The van der Waals surface area contributed by atoms with E-state index in [1.807, 2.05) is 18.3 Å². The molecule has 0 atom stereocenters. The van der Waals surface area contributed by atoms with Gasteiger partial charge in [0.05, 0.1) is 12.0 Å². The van der Waals surface area contributed by atoms with Gasteiger partial charge in [0, 0.05) is 26.9 Å². The van der Waals surface area contributed by atoms with Gasteiger partial charge in [-0.3, -0.25) is 9.69 Å². The number of aromatic nitrogens is 1. The number of nitrogens with one attached hydrogen (secondary N) is 1. The van der Waals surface area contributed by atoms with Crippen LogP contribution in [0.15, 0.2) is 57.1 Å². The molecule has 4 nitrogen and oxygen atoms in total. The summed E-state index contributed by atoms with van der Waals surface area (Å²) >= 11 is 8.43. The van der Waals surface area contributed by atoms with Crippen molar-refractivity contribution in [3.8, 4) is 0 Å². The lowest BCUT2D eigenvalue weighted by Gasteiger charge is -2.49. The molecule has 1 N–H and O–H groups in total. The Kier molecular flexibility index (Phi) is 10.2. The van der Waals surface area contributed by atoms with Gasteiger partial charge in [0.25, 0.3) is 5.91 Å². The summed E-state index contributed by atoms with van der Waals surface area (Å²) in [5.74, 6) is -0.142. The second-order valence-electron chi connectivity index (χ2n) is 8.88. The Hall–Kier alpha value is -1.91. The van der Waals surface area contributed by atoms with Gasteiger partial charge in [-0.1, -0.05) is 61.7 Å². The number of anilines is 2. The van der Waals surface area contributed by atoms with Crippen molar-refractivity contribution in [2.45, 2.75) is 71.1 Å². The predicted molar refractivity (Wildman–Crippen MR) is 153 cm³/mol. The topological polar surface area (TPSA) is 45.2 Å². The second-order valence-corrected chi connectivity index (χ2v) is 12.2. The fraction of sp³-hybridized carbons (Fsp3) is 0.407. The number of fused-ring (bicyclic) bond motifs is 1. The molecule has 2 aromatic carbocycles. The SMILES string of the molecule is CCCC1(CCC)Nc2cc(Br)ccc2C(=O)N1c1ccc(CC(F)(F)F)cc1.CCc1cnc(Br)s1. The molecule has 0 aliphatic carbocycles. The maximum absolute atomic E-state index is 13.5. The molecule has 1 amide bonds. The van der Waals surface area contributed by atoms with Crippen LogP contribution in [0, 0.1) is 0 Å². The van der Waals surface area contributed by atoms with Gasteiger partial charge in [0.1, 0.15) is 5.66 Å². The summed E-state index contributed by atoms with van der Waals surface area (Å²) in [6.45, 7) is 6.25. The molecule has 1 aliphatic heterocycles. The zero-order chi connectivity index (χ0) is 27.2. The molecule has 4 rings (SSSR count). The highest BCUT2D eigenvalue weighted by atomic mass is 79.9. The van der Waals surface area contributed by atoms with E-state index in [2.05, 4.69) is 62.9 Å². The Morgan fingerprint density at radius 3 is 2.16 bits per heavy atom. The number of halogens is 5. The Balaban J connectivity index is 0.000000405. The van der Waals surface area contributed by atoms with Crippen LogP contribution in [0.3, 0.4) is 0 Å². The highest BCUT2D eigenvalue weighted by Crippen LogP contribution is 2.41. The van der Waals surface area contributed by atoms with Crippen LogP contribution >= 0.6 is 43.2 Å². The summed E-state index contributed by atoms with van der Waals surface area (Å²) in [7, 11) is 0. The molecule has 3 aromatic rings. The first kappa shape index (κ1) is 29.6. The highest BCUT2D eigenvalue weighted by molar-refractivity contribution is 9.11. The second kappa shape index (κ2) is 12.8. The van der Waals surface area contributed by atoms with Crippen molar-refractivity contribution in [1.29, 1.82) is 0 Å². The molecule has 1 aromatic heterocycles. The molecule has 1 aliphatic rings. The van der Waals surface area contributed by atoms with E-state index < -0.39 is 18.3 Å². The first-order chi connectivity index (χ1) is 17.5. The Labute approximate surface area is 236 Å². The van der Waals surface area contributed by atoms with Crippen molar-refractivity contribution < 1.29 is 18.0 Å². The number of nitrogens with zero attached hydrogens (tertiary/aromatic N) is 2. The van der Waals surface area contributed by atoms with E-state index in [1.165, 1.54) is 17.0 Å². The Morgan fingerprint density at radius 2 is 1.68 bits per heavy atom. The quantitative estimate of drug-likeness (QED) is 0.275. The van der Waals surface area contributed by atoms with Gasteiger partial charge >= 0.3 is 6.18 Å². The lowest BCUT2D eigenvalue weighted by atomic mass is 9.90. The molecule has 200 valence electrons. The minimum Gasteiger partial charge on any atom is -0.362 e. The first-order valence-electron chi connectivity index (χ1n) is 12.2. The van der Waals surface area contributed by atoms with E-state index in [0.717, 1.165) is 46.2 Å². The smallest absolute Gasteiger partial charge is 0.362 e. The van der Waals surface area contributed by atoms with Gasteiger partial charge in [-0.25, -0.2) is 4.98 Å². The average molecular weight is 661 g/mol. The van der Waals surface area contributed by atoms with E-state index in [9.17, 15) is 18.0 Å². The van der Waals surface area contributed by atoms with Crippen molar-refractivity contribution in [1.82, 2.24) is 4.98 Å². The van der Waals surface area contributed by atoms with E-state index in [1.54, 1.807) is 34.4 Å². The molecule has 0 unspecified atom stereocenters. The maximum atomic E-state index is 13.5. The molecular formula is C27H30Br2F3N3OS. The zero-order valence-electron chi connectivity index (χ0n) is 21.0. The predicted octanol–water partition coefficient (Wildman–Crippen LogP) is 9.39. The van der Waals surface area contributed by atoms with Gasteiger partial charge in [-0.05, 0) is 71.1 Å². The van der Waals surface area contributed by atoms with Crippen molar-refractivity contribution in [2.24, 2.45) is 0 Å². The van der Waals surface area contributed by atoms with Crippen LogP contribution in [0.25, 0.3) is 0 Å². The largest absolute Gasteiger partial charge is 0.393 e. The molecule has 0 fully saturated rings. The summed E-state index contributed by atoms with van der Waals surface area (Å²) in [6.07, 6.45) is 0.901. The molecule has 2 heterocycles. The molecule has 10 heteroatoms. The molecular weight excluding hydrogens is 631 g/mol. The lowest BCUT2D eigenvalue weighted by Crippen LogP contribution is -2.60. The number of carbonyl (C=O) groups excluding carboxylic acids is 1. The number of benzene rings is 2. The van der Waals surface area contributed by atoms with Crippen LogP contribution in [-0.2, 0) is 12.8 Å². The standard InChI is InChI=1S/C22H24BrF3N2O.C5H6BrNS/c1-3-11-21(12-4-2)27-19-13-16(23)7-10-18(19)20(29)28(21)17-8-5-15(6-9-17)14-22(24,25)26;1-2-4-3-7-5(6)8-4/h5-10,13,27H,3-4,11-12,14H2,1-2H3;3H,2H2,1H3. The monoisotopic (exact) mass is 659 g/mol. The summed E-state index contributed by atoms with van der Waals surface area (Å²) in [5, 5.41) is 3.58. The maximum Gasteiger partial charge on any atom is 0.393 e. The van der Waals surface area contributed by atoms with E-state index in [-0.39, 0.29) is 11.5 Å². The molecule has 0 spiro atoms. The van der Waals surface area contributed by atoms with Crippen LogP contribution in [-0.4, -0.2) is 22.7 Å². The average Bonchev–Trinajstić information content (AvgIpc) is 3.25. The van der Waals surface area contributed by atoms with Crippen molar-refractivity contribution in [3.05, 3.63) is 73.1 Å². The summed E-state index contributed by atoms with van der Waals surface area (Å²) < 4.78 is 40.0. The summed E-state index contributed by atoms with van der Waals surface area (Å²) in [5.41, 5.74) is 1.48. The molecule has 37 heavy (non-hydrogen) atoms. The van der Waals surface area contributed by atoms with Gasteiger partial charge < -0.3 is 5.32 Å². The van der Waals surface area contributed by atoms with Gasteiger partial charge in [-0.15, -0.1) is 11.3 Å². The van der Waals surface area contributed by atoms with Crippen molar-refractivity contribution in [3.63, 3.8) is 0 Å². The van der Waals surface area contributed by atoms with Crippen LogP contribution in [0.1, 0.15) is 67.3 Å². The van der Waals surface area contributed by atoms with Crippen LogP contribution in [0.4, 0.5) is 24.5 Å². The third-order valence-corrected chi connectivity index (χ3v) is 8.12. The fourth-order valence-corrected chi connectivity index (χ4v) is 6.19. The molecule has 0 saturated heterocycles. The van der Waals surface area contributed by atoms with Crippen molar-refractivity contribution >= 4 is 60.5 Å². The summed E-state index contributed by atoms with van der Waals surface area (Å²) in [6, 6.07) is 11.6. The van der Waals surface area contributed by atoms with Crippen LogP contribution in [0.2, 0.25) is 0 Å². The number of aryl methyl sites for hydroxylation is 1. The highest BCUT2D eigenvalue weighted by Gasteiger charge is 2.44. The molecule has 0 bridgehead atoms. The Bertz CT molecular complexity index is 1190. The van der Waals surface area contributed by atoms with Crippen LogP contribution < -0.4 is 10.2 Å². The molecule has 0 radical (unpaired) electrons. The van der Waals surface area contributed by atoms with Gasteiger partial charge in [-0.2, -0.15) is 13.2 Å². The minimum absolute atomic E-state index is 0.142. The van der Waals surface area contributed by atoms with Gasteiger partial charge in [0.15, 0.2) is 3.92 Å². The Morgan fingerprint density at radius 1 is 1.03 bits per heavy atom. The third kappa shape index (κ3) is 7.57. The zero-order valence-corrected chi connectivity index (χ0v) is 25.0. The van der Waals surface area contributed by atoms with Crippen molar-refractivity contribution in [2.75, 3.05) is 10.2 Å². The number of amides is 1. The number of carbonyl (C=O) groups is 1. The fourth-order valence-electron chi connectivity index (χ4n) is 4.53. The number of hydrogen-bond acceptors (Lipinski definition) is 4. The normalized spacial score (nSPS) is 14.5. The van der Waals surface area contributed by atoms with E-state index >= 15 is 0 Å². The molecule has 0 saturated carbocycles. The van der Waals surface area contributed by atoms with E-state index in [0.29, 0.717) is 11.3 Å². The third-order valence-electron chi connectivity index (χ3n) is 6.01. The number of thiazole rings is 1. The number of rotatable bonds is 7. The van der Waals surface area contributed by atoms with Gasteiger partial charge in [0.2, 0.25) is 0 Å². The van der Waals surface area contributed by atoms with Crippen LogP contribution in [0.5, 0.6) is 0 Å². The lowest BCUT2D eigenvalue weighted by molar-refractivity contribution is -0.127. The number of hydrogen-bond donors (Lipinski definition) is 1. The first-order valence-corrected chi connectivity index (χ1v) is 14.6. The van der Waals surface area contributed by atoms with E-state index in [4.69, 9.17) is 0 Å².